The zero-order valence-electron chi connectivity index (χ0n) is 20.8. The molecule has 0 radical (unpaired) electrons. The molecule has 0 aliphatic heterocycles. The second kappa shape index (κ2) is 11.4. The Bertz CT molecular complexity index is 1580. The molecule has 41 heavy (non-hydrogen) atoms. The molecule has 2 aliphatic carbocycles. The highest BCUT2D eigenvalue weighted by atomic mass is 35.5. The second-order valence-corrected chi connectivity index (χ2v) is 12.2. The average Bonchev–Trinajstić information content (AvgIpc) is 3.82. The van der Waals surface area contributed by atoms with Crippen molar-refractivity contribution in [3.8, 4) is 0 Å². The fourth-order valence-corrected chi connectivity index (χ4v) is 5.72. The van der Waals surface area contributed by atoms with Gasteiger partial charge in [-0.25, -0.2) is 13.2 Å². The maximum Gasteiger partial charge on any atom is 0.257 e. The van der Waals surface area contributed by atoms with Crippen molar-refractivity contribution in [3.05, 3.63) is 87.2 Å². The third-order valence-corrected chi connectivity index (χ3v) is 8.45. The van der Waals surface area contributed by atoms with E-state index < -0.39 is 62.7 Å². The molecule has 3 aromatic carbocycles. The molecule has 1 unspecified atom stereocenters. The number of anilines is 3. The Balaban J connectivity index is 1.30. The zero-order chi connectivity index (χ0) is 29.6. The molecule has 214 valence electrons. The summed E-state index contributed by atoms with van der Waals surface area (Å²) in [6.45, 7) is 0. The van der Waals surface area contributed by atoms with E-state index >= 15 is 4.39 Å². The summed E-state index contributed by atoms with van der Waals surface area (Å²) in [4.78, 5) is 38.1. The summed E-state index contributed by atoms with van der Waals surface area (Å²) >= 11 is 24.7. The molecule has 3 amide bonds. The molecule has 5 rings (SSSR count). The van der Waals surface area contributed by atoms with Crippen LogP contribution in [0.25, 0.3) is 0 Å². The Kier molecular flexibility index (Phi) is 8.18. The van der Waals surface area contributed by atoms with Crippen LogP contribution >= 0.6 is 46.4 Å². The Morgan fingerprint density at radius 3 is 2.24 bits per heavy atom. The maximum atomic E-state index is 15.1. The average molecular weight is 645 g/mol. The van der Waals surface area contributed by atoms with Crippen molar-refractivity contribution in [2.75, 3.05) is 16.0 Å². The minimum atomic E-state index is -1.48. The Labute approximate surface area is 252 Å². The molecule has 3 aromatic rings. The van der Waals surface area contributed by atoms with Crippen molar-refractivity contribution in [2.45, 2.75) is 29.5 Å². The topological polar surface area (TPSA) is 87.3 Å². The van der Waals surface area contributed by atoms with Gasteiger partial charge in [0.1, 0.15) is 21.7 Å². The molecular formula is C28H20Cl4F3N3O3. The lowest BCUT2D eigenvalue weighted by atomic mass is 10.1. The van der Waals surface area contributed by atoms with Gasteiger partial charge in [-0.1, -0.05) is 29.3 Å². The predicted molar refractivity (Wildman–Crippen MR) is 152 cm³/mol. The quantitative estimate of drug-likeness (QED) is 0.218. The second-order valence-electron chi connectivity index (χ2n) is 9.92. The van der Waals surface area contributed by atoms with Crippen molar-refractivity contribution in [2.24, 2.45) is 11.8 Å². The van der Waals surface area contributed by atoms with Crippen molar-refractivity contribution < 1.29 is 27.6 Å². The molecule has 3 N–H and O–H groups in total. The highest BCUT2D eigenvalue weighted by molar-refractivity contribution is 6.53. The molecule has 0 saturated heterocycles. The van der Waals surface area contributed by atoms with E-state index in [0.29, 0.717) is 5.56 Å². The first kappa shape index (κ1) is 29.5. The lowest BCUT2D eigenvalue weighted by molar-refractivity contribution is -0.117. The van der Waals surface area contributed by atoms with Gasteiger partial charge in [0, 0.05) is 18.0 Å². The van der Waals surface area contributed by atoms with Crippen molar-refractivity contribution in [3.63, 3.8) is 0 Å². The van der Waals surface area contributed by atoms with Gasteiger partial charge in [-0.3, -0.25) is 14.4 Å². The SMILES string of the molecule is O=C(CC1CC1)Nc1c(F)ccc(NC(=O)c2cc(NC(=O)C3[C@H](c4ccc(F)c(Cl)c4)C3(Cl)Cl)ccc2Cl)c1F. The lowest BCUT2D eigenvalue weighted by Gasteiger charge is -2.13. The zero-order valence-corrected chi connectivity index (χ0v) is 23.9. The van der Waals surface area contributed by atoms with Gasteiger partial charge in [0.25, 0.3) is 5.91 Å². The van der Waals surface area contributed by atoms with Gasteiger partial charge in [-0.15, -0.1) is 23.2 Å². The summed E-state index contributed by atoms with van der Waals surface area (Å²) in [5, 5.41) is 7.00. The Morgan fingerprint density at radius 1 is 0.854 bits per heavy atom. The largest absolute Gasteiger partial charge is 0.326 e. The molecule has 6 nitrogen and oxygen atoms in total. The molecule has 2 atom stereocenters. The first-order chi connectivity index (χ1) is 19.4. The van der Waals surface area contributed by atoms with Crippen molar-refractivity contribution in [1.82, 2.24) is 0 Å². The fraction of sp³-hybridized carbons (Fsp3) is 0.250. The van der Waals surface area contributed by atoms with Crippen LogP contribution in [0.5, 0.6) is 0 Å². The van der Waals surface area contributed by atoms with E-state index in [9.17, 15) is 23.2 Å². The predicted octanol–water partition coefficient (Wildman–Crippen LogP) is 7.93. The molecule has 2 fully saturated rings. The summed E-state index contributed by atoms with van der Waals surface area (Å²) in [5.41, 5.74) is -0.566. The van der Waals surface area contributed by atoms with Gasteiger partial charge in [-0.2, -0.15) is 0 Å². The first-order valence-electron chi connectivity index (χ1n) is 12.4. The van der Waals surface area contributed by atoms with Gasteiger partial charge in [0.05, 0.1) is 27.2 Å². The normalized spacial score (nSPS) is 18.9. The van der Waals surface area contributed by atoms with Crippen molar-refractivity contribution in [1.29, 1.82) is 0 Å². The Morgan fingerprint density at radius 2 is 1.56 bits per heavy atom. The van der Waals surface area contributed by atoms with Gasteiger partial charge in [0.15, 0.2) is 5.82 Å². The van der Waals surface area contributed by atoms with E-state index in [1.165, 1.54) is 30.3 Å². The summed E-state index contributed by atoms with van der Waals surface area (Å²) < 4.78 is 41.4. The summed E-state index contributed by atoms with van der Waals surface area (Å²) in [6.07, 6.45) is 1.92. The van der Waals surface area contributed by atoms with Crippen LogP contribution in [0.1, 0.15) is 41.1 Å². The first-order valence-corrected chi connectivity index (χ1v) is 13.9. The number of halogens is 7. The number of nitrogens with one attached hydrogen (secondary N) is 3. The molecular weight excluding hydrogens is 625 g/mol. The molecule has 0 spiro atoms. The van der Waals surface area contributed by atoms with Gasteiger partial charge in [0.2, 0.25) is 11.8 Å². The minimum Gasteiger partial charge on any atom is -0.326 e. The summed E-state index contributed by atoms with van der Waals surface area (Å²) in [7, 11) is 0. The number of alkyl halides is 2. The standard InChI is InChI=1S/C28H20Cl4F3N3O3/c29-16-5-4-14(36-27(41)23-22(28(23,31)32)13-3-6-18(33)17(30)10-13)11-15(16)26(40)37-20-8-7-19(34)25(24(20)35)38-21(39)9-12-1-2-12/h3-8,10-12,22-23H,1-2,9H2,(H,36,41)(H,37,40)(H,38,39)/t22-,23?/m0/s1. The number of hydrogen-bond donors (Lipinski definition) is 3. The van der Waals surface area contributed by atoms with Gasteiger partial charge >= 0.3 is 0 Å². The van der Waals surface area contributed by atoms with Crippen LogP contribution in [-0.4, -0.2) is 22.1 Å². The third-order valence-electron chi connectivity index (χ3n) is 6.89. The molecule has 13 heteroatoms. The smallest absolute Gasteiger partial charge is 0.257 e. The monoisotopic (exact) mass is 643 g/mol. The third kappa shape index (κ3) is 6.28. The molecule has 0 bridgehead atoms. The van der Waals surface area contributed by atoms with Crippen LogP contribution in [0.4, 0.5) is 30.2 Å². The van der Waals surface area contributed by atoms with Crippen LogP contribution in [0.15, 0.2) is 48.5 Å². The number of hydrogen-bond acceptors (Lipinski definition) is 3. The van der Waals surface area contributed by atoms with Crippen LogP contribution in [0.2, 0.25) is 10.0 Å². The van der Waals surface area contributed by atoms with Gasteiger partial charge < -0.3 is 16.0 Å². The summed E-state index contributed by atoms with van der Waals surface area (Å²) in [5.74, 6) is -6.13. The molecule has 0 aromatic heterocycles. The highest BCUT2D eigenvalue weighted by Crippen LogP contribution is 2.65. The van der Waals surface area contributed by atoms with Crippen LogP contribution in [0, 0.1) is 29.3 Å². The van der Waals surface area contributed by atoms with Crippen LogP contribution < -0.4 is 16.0 Å². The molecule has 2 aliphatic rings. The van der Waals surface area contributed by atoms with Crippen LogP contribution in [-0.2, 0) is 9.59 Å². The molecule has 0 heterocycles. The number of benzene rings is 3. The lowest BCUT2D eigenvalue weighted by Crippen LogP contribution is -2.19. The molecule has 2 saturated carbocycles. The van der Waals surface area contributed by atoms with E-state index in [-0.39, 0.29) is 33.6 Å². The van der Waals surface area contributed by atoms with E-state index in [1.54, 1.807) is 0 Å². The number of rotatable bonds is 8. The van der Waals surface area contributed by atoms with Gasteiger partial charge in [-0.05, 0) is 66.8 Å². The van der Waals surface area contributed by atoms with E-state index in [1.807, 2.05) is 0 Å². The van der Waals surface area contributed by atoms with E-state index in [4.69, 9.17) is 46.4 Å². The van der Waals surface area contributed by atoms with Crippen molar-refractivity contribution >= 4 is 81.2 Å². The highest BCUT2D eigenvalue weighted by Gasteiger charge is 2.67. The Hall–Kier alpha value is -2.98. The number of carbonyl (C=O) groups excluding carboxylic acids is 3. The van der Waals surface area contributed by atoms with E-state index in [0.717, 1.165) is 31.0 Å². The summed E-state index contributed by atoms with van der Waals surface area (Å²) in [6, 6.07) is 9.87. The van der Waals surface area contributed by atoms with E-state index in [2.05, 4.69) is 16.0 Å². The minimum absolute atomic E-state index is 0.0183. The van der Waals surface area contributed by atoms with Crippen LogP contribution in [0.3, 0.4) is 0 Å². The number of carbonyl (C=O) groups is 3. The maximum absolute atomic E-state index is 15.1. The number of amides is 3. The fourth-order valence-electron chi connectivity index (χ4n) is 4.50.